The van der Waals surface area contributed by atoms with E-state index in [1.54, 1.807) is 6.07 Å². The minimum atomic E-state index is -4.54. The molecule has 0 aliphatic carbocycles. The molecular weight excluding hydrogens is 404 g/mol. The quantitative estimate of drug-likeness (QED) is 0.626. The number of sulfonamides is 1. The molecule has 2 aromatic rings. The number of aromatic nitrogens is 1. The highest BCUT2D eigenvalue weighted by Gasteiger charge is 2.32. The normalized spacial score (nSPS) is 13.0. The number of amides is 1. The van der Waals surface area contributed by atoms with Gasteiger partial charge in [0.2, 0.25) is 10.0 Å². The summed E-state index contributed by atoms with van der Waals surface area (Å²) in [6, 6.07) is 4.41. The van der Waals surface area contributed by atoms with Gasteiger partial charge in [0.15, 0.2) is 0 Å². The molecule has 0 saturated heterocycles. The lowest BCUT2D eigenvalue weighted by Crippen LogP contribution is -2.35. The maximum atomic E-state index is 13.3. The van der Waals surface area contributed by atoms with Crippen LogP contribution >= 0.6 is 0 Å². The first-order chi connectivity index (χ1) is 12.9. The maximum Gasteiger partial charge on any atom is 0.390 e. The van der Waals surface area contributed by atoms with Gasteiger partial charge in [-0.15, -0.1) is 0 Å². The number of nitrogens with zero attached hydrogens (tertiary/aromatic N) is 1. The largest absolute Gasteiger partial charge is 0.390 e. The lowest BCUT2D eigenvalue weighted by molar-refractivity contribution is -0.137. The van der Waals surface area contributed by atoms with Gasteiger partial charge in [0, 0.05) is 17.9 Å². The lowest BCUT2D eigenvalue weighted by Gasteiger charge is -2.15. The van der Waals surface area contributed by atoms with Gasteiger partial charge in [0.1, 0.15) is 22.5 Å². The Bertz CT molecular complexity index is 1030. The van der Waals surface area contributed by atoms with Crippen molar-refractivity contribution in [3.8, 4) is 6.07 Å². The molecule has 0 fully saturated rings. The topological polar surface area (TPSA) is 115 Å². The van der Waals surface area contributed by atoms with Crippen molar-refractivity contribution in [3.05, 3.63) is 47.5 Å². The molecule has 0 spiro atoms. The Labute approximate surface area is 157 Å². The summed E-state index contributed by atoms with van der Waals surface area (Å²) in [4.78, 5) is 14.1. The summed E-state index contributed by atoms with van der Waals surface area (Å²) in [6.07, 6.45) is -4.94. The molecule has 0 aliphatic rings. The molecule has 0 saturated carbocycles. The third kappa shape index (κ3) is 5.54. The molecule has 1 aromatic heterocycles. The van der Waals surface area contributed by atoms with Crippen molar-refractivity contribution >= 4 is 21.6 Å². The average molecular weight is 418 g/mol. The zero-order valence-electron chi connectivity index (χ0n) is 14.3. The van der Waals surface area contributed by atoms with Crippen molar-refractivity contribution in [2.75, 3.05) is 5.32 Å². The van der Waals surface area contributed by atoms with Gasteiger partial charge in [0.25, 0.3) is 5.91 Å². The van der Waals surface area contributed by atoms with Crippen LogP contribution in [0.1, 0.15) is 29.4 Å². The Balaban J connectivity index is 2.12. The highest BCUT2D eigenvalue weighted by Crippen LogP contribution is 2.22. The number of H-pyrrole nitrogens is 1. The minimum absolute atomic E-state index is 0.0962. The number of carbonyl (C=O) groups is 1. The van der Waals surface area contributed by atoms with E-state index >= 15 is 0 Å². The number of aromatic amines is 1. The molecule has 1 atom stereocenters. The Hall–Kier alpha value is -2.91. The van der Waals surface area contributed by atoms with Gasteiger partial charge in [-0.2, -0.15) is 18.4 Å². The predicted molar refractivity (Wildman–Crippen MR) is 90.3 cm³/mol. The summed E-state index contributed by atoms with van der Waals surface area (Å²) in [5, 5.41) is 11.1. The van der Waals surface area contributed by atoms with Crippen LogP contribution in [0.4, 0.5) is 23.2 Å². The standard InChI is InChI=1S/C16H14F4N4O3S/c1-9(6-16(18,19)20)24-28(26,27)12-5-14(22-8-12)15(25)23-11-2-3-13(17)10(4-11)7-21/h2-5,8-9,22,24H,6H2,1H3,(H,23,25). The second-order valence-electron chi connectivity index (χ2n) is 5.85. The lowest BCUT2D eigenvalue weighted by atomic mass is 10.2. The fraction of sp³-hybridized carbons (Fsp3) is 0.250. The second kappa shape index (κ2) is 7.99. The Morgan fingerprint density at radius 1 is 1.32 bits per heavy atom. The fourth-order valence-corrected chi connectivity index (χ4v) is 3.51. The highest BCUT2D eigenvalue weighted by molar-refractivity contribution is 7.89. The Kier molecular flexibility index (Phi) is 6.10. The van der Waals surface area contributed by atoms with E-state index in [-0.39, 0.29) is 16.9 Å². The van der Waals surface area contributed by atoms with Crippen LogP contribution in [-0.4, -0.2) is 31.5 Å². The number of hydrogen-bond acceptors (Lipinski definition) is 4. The van der Waals surface area contributed by atoms with Crippen molar-refractivity contribution in [3.63, 3.8) is 0 Å². The van der Waals surface area contributed by atoms with Crippen LogP contribution in [-0.2, 0) is 10.0 Å². The summed E-state index contributed by atoms with van der Waals surface area (Å²) in [6.45, 7) is 1.06. The number of benzene rings is 1. The van der Waals surface area contributed by atoms with Crippen molar-refractivity contribution in [1.29, 1.82) is 5.26 Å². The monoisotopic (exact) mass is 418 g/mol. The SMILES string of the molecule is CC(CC(F)(F)F)NS(=O)(=O)c1c[nH]c(C(=O)Nc2ccc(F)c(C#N)c2)c1. The third-order valence-corrected chi connectivity index (χ3v) is 5.02. The number of alkyl halides is 3. The number of halogens is 4. The molecule has 1 heterocycles. The summed E-state index contributed by atoms with van der Waals surface area (Å²) in [5.41, 5.74) is -0.402. The van der Waals surface area contributed by atoms with E-state index in [2.05, 4.69) is 10.3 Å². The molecule has 12 heteroatoms. The highest BCUT2D eigenvalue weighted by atomic mass is 32.2. The molecule has 0 radical (unpaired) electrons. The van der Waals surface area contributed by atoms with Gasteiger partial charge in [0.05, 0.1) is 12.0 Å². The van der Waals surface area contributed by atoms with E-state index in [9.17, 15) is 30.8 Å². The van der Waals surface area contributed by atoms with Crippen molar-refractivity contribution in [2.45, 2.75) is 30.5 Å². The minimum Gasteiger partial charge on any atom is -0.356 e. The third-order valence-electron chi connectivity index (χ3n) is 3.45. The van der Waals surface area contributed by atoms with Crippen LogP contribution in [0.5, 0.6) is 0 Å². The van der Waals surface area contributed by atoms with E-state index in [1.165, 1.54) is 6.07 Å². The van der Waals surface area contributed by atoms with Crippen molar-refractivity contribution < 1.29 is 30.8 Å². The molecule has 0 aliphatic heterocycles. The first-order valence-electron chi connectivity index (χ1n) is 7.70. The molecule has 1 aromatic carbocycles. The van der Waals surface area contributed by atoms with Gasteiger partial charge in [-0.25, -0.2) is 17.5 Å². The van der Waals surface area contributed by atoms with E-state index in [0.717, 1.165) is 31.3 Å². The number of rotatable bonds is 6. The van der Waals surface area contributed by atoms with Gasteiger partial charge in [-0.05, 0) is 31.2 Å². The second-order valence-corrected chi connectivity index (χ2v) is 7.57. The van der Waals surface area contributed by atoms with Crippen LogP contribution in [0, 0.1) is 17.1 Å². The number of nitrogens with one attached hydrogen (secondary N) is 3. The molecule has 3 N–H and O–H groups in total. The van der Waals surface area contributed by atoms with Gasteiger partial charge < -0.3 is 10.3 Å². The van der Waals surface area contributed by atoms with Crippen molar-refractivity contribution in [2.24, 2.45) is 0 Å². The van der Waals surface area contributed by atoms with Gasteiger partial charge >= 0.3 is 6.18 Å². The molecular formula is C16H14F4N4O3S. The number of carbonyl (C=O) groups excluding carboxylic acids is 1. The van der Waals surface area contributed by atoms with Gasteiger partial charge in [-0.3, -0.25) is 4.79 Å². The molecule has 0 bridgehead atoms. The smallest absolute Gasteiger partial charge is 0.356 e. The zero-order valence-corrected chi connectivity index (χ0v) is 15.1. The van der Waals surface area contributed by atoms with Crippen LogP contribution in [0.3, 0.4) is 0 Å². The number of anilines is 1. The van der Waals surface area contributed by atoms with Gasteiger partial charge in [-0.1, -0.05) is 0 Å². The average Bonchev–Trinajstić information content (AvgIpc) is 3.05. The molecule has 1 unspecified atom stereocenters. The fourth-order valence-electron chi connectivity index (χ4n) is 2.27. The summed E-state index contributed by atoms with van der Waals surface area (Å²) >= 11 is 0. The van der Waals surface area contributed by atoms with Crippen LogP contribution in [0.2, 0.25) is 0 Å². The van der Waals surface area contributed by atoms with E-state index < -0.39 is 45.3 Å². The maximum absolute atomic E-state index is 13.3. The first kappa shape index (κ1) is 21.4. The van der Waals surface area contributed by atoms with Crippen LogP contribution in [0.25, 0.3) is 0 Å². The predicted octanol–water partition coefficient (Wildman–Crippen LogP) is 2.90. The summed E-state index contributed by atoms with van der Waals surface area (Å²) in [7, 11) is -4.29. The number of nitriles is 1. The molecule has 150 valence electrons. The zero-order chi connectivity index (χ0) is 21.1. The Morgan fingerprint density at radius 2 is 2.00 bits per heavy atom. The molecule has 28 heavy (non-hydrogen) atoms. The molecule has 2 rings (SSSR count). The Morgan fingerprint density at radius 3 is 2.61 bits per heavy atom. The van der Waals surface area contributed by atoms with Crippen molar-refractivity contribution in [1.82, 2.24) is 9.71 Å². The van der Waals surface area contributed by atoms with E-state index in [4.69, 9.17) is 5.26 Å². The number of hydrogen-bond donors (Lipinski definition) is 3. The van der Waals surface area contributed by atoms with E-state index in [0.29, 0.717) is 0 Å². The first-order valence-corrected chi connectivity index (χ1v) is 9.18. The molecule has 1 amide bonds. The summed E-state index contributed by atoms with van der Waals surface area (Å²) < 4.78 is 76.5. The van der Waals surface area contributed by atoms with Crippen LogP contribution < -0.4 is 10.0 Å². The molecule has 7 nitrogen and oxygen atoms in total. The summed E-state index contributed by atoms with van der Waals surface area (Å²) in [5.74, 6) is -1.56. The van der Waals surface area contributed by atoms with Crippen LogP contribution in [0.15, 0.2) is 35.4 Å². The van der Waals surface area contributed by atoms with E-state index in [1.807, 2.05) is 4.72 Å².